The van der Waals surface area contributed by atoms with Gasteiger partial charge in [-0.2, -0.15) is 4.31 Å². The lowest BCUT2D eigenvalue weighted by Crippen LogP contribution is -2.39. The van der Waals surface area contributed by atoms with Crippen molar-refractivity contribution in [3.05, 3.63) is 15.9 Å². The lowest BCUT2D eigenvalue weighted by Gasteiger charge is -2.32. The Bertz CT molecular complexity index is 507. The number of thiophene rings is 1. The Morgan fingerprint density at radius 3 is 2.56 bits per heavy atom. The molecule has 1 fully saturated rings. The molecule has 0 saturated carbocycles. The van der Waals surface area contributed by atoms with Crippen molar-refractivity contribution in [1.82, 2.24) is 4.31 Å². The summed E-state index contributed by atoms with van der Waals surface area (Å²) in [6.07, 6.45) is 1.68. The first-order valence-corrected chi connectivity index (χ1v) is 9.35. The molecule has 2 rings (SSSR count). The first-order valence-electron chi connectivity index (χ1n) is 5.80. The summed E-state index contributed by atoms with van der Waals surface area (Å²) < 4.78 is 27.5. The van der Waals surface area contributed by atoms with Crippen molar-refractivity contribution in [3.8, 4) is 0 Å². The Morgan fingerprint density at radius 1 is 1.50 bits per heavy atom. The number of hydrogen-bond donors (Lipinski definition) is 0. The molecule has 1 aliphatic rings. The first kappa shape index (κ1) is 14.8. The van der Waals surface area contributed by atoms with Gasteiger partial charge in [-0.3, -0.25) is 0 Å². The van der Waals surface area contributed by atoms with Crippen LogP contribution >= 0.6 is 38.9 Å². The fourth-order valence-corrected chi connectivity index (χ4v) is 6.33. The summed E-state index contributed by atoms with van der Waals surface area (Å²) in [5.41, 5.74) is 0. The predicted molar refractivity (Wildman–Crippen MR) is 78.8 cm³/mol. The number of alkyl halides is 1. The standard InChI is InChI=1S/C11H15BrClNO2S2/c1-8(13)9-2-5-14(6-3-9)18(15,16)11-10(12)4-7-17-11/h4,7-9H,2-3,5-6H2,1H3. The van der Waals surface area contributed by atoms with E-state index < -0.39 is 10.0 Å². The third-order valence-corrected chi connectivity index (χ3v) is 8.21. The van der Waals surface area contributed by atoms with Gasteiger partial charge in [0.1, 0.15) is 4.21 Å². The second-order valence-electron chi connectivity index (χ2n) is 4.48. The van der Waals surface area contributed by atoms with Crippen LogP contribution in [0.1, 0.15) is 19.8 Å². The van der Waals surface area contributed by atoms with Crippen molar-refractivity contribution in [2.75, 3.05) is 13.1 Å². The molecule has 0 amide bonds. The molecule has 7 heteroatoms. The van der Waals surface area contributed by atoms with E-state index in [-0.39, 0.29) is 5.38 Å². The molecule has 0 spiro atoms. The minimum absolute atomic E-state index is 0.114. The third kappa shape index (κ3) is 2.93. The normalized spacial score (nSPS) is 21.1. The molecular weight excluding hydrogens is 358 g/mol. The smallest absolute Gasteiger partial charge is 0.206 e. The van der Waals surface area contributed by atoms with Crippen LogP contribution in [0.2, 0.25) is 0 Å². The van der Waals surface area contributed by atoms with E-state index >= 15 is 0 Å². The molecule has 0 aliphatic carbocycles. The van der Waals surface area contributed by atoms with Crippen LogP contribution < -0.4 is 0 Å². The van der Waals surface area contributed by atoms with Crippen molar-refractivity contribution in [2.24, 2.45) is 5.92 Å². The van der Waals surface area contributed by atoms with Gasteiger partial charge in [-0.1, -0.05) is 0 Å². The maximum absolute atomic E-state index is 12.4. The molecule has 1 aromatic rings. The maximum Gasteiger partial charge on any atom is 0.253 e. The highest BCUT2D eigenvalue weighted by molar-refractivity contribution is 9.10. The number of piperidine rings is 1. The van der Waals surface area contributed by atoms with Gasteiger partial charge in [0.2, 0.25) is 0 Å². The zero-order valence-electron chi connectivity index (χ0n) is 9.97. The van der Waals surface area contributed by atoms with Crippen molar-refractivity contribution < 1.29 is 8.42 Å². The molecule has 1 saturated heterocycles. The van der Waals surface area contributed by atoms with Gasteiger partial charge < -0.3 is 0 Å². The van der Waals surface area contributed by atoms with E-state index in [2.05, 4.69) is 15.9 Å². The lowest BCUT2D eigenvalue weighted by atomic mass is 9.95. The van der Waals surface area contributed by atoms with E-state index in [1.54, 1.807) is 15.8 Å². The van der Waals surface area contributed by atoms with Crippen LogP contribution in [-0.4, -0.2) is 31.2 Å². The van der Waals surface area contributed by atoms with Crippen molar-refractivity contribution in [3.63, 3.8) is 0 Å². The van der Waals surface area contributed by atoms with Crippen LogP contribution in [0.4, 0.5) is 0 Å². The number of sulfonamides is 1. The average molecular weight is 373 g/mol. The Hall–Kier alpha value is 0.380. The fraction of sp³-hybridized carbons (Fsp3) is 0.636. The Morgan fingerprint density at radius 2 is 2.11 bits per heavy atom. The van der Waals surface area contributed by atoms with E-state index in [1.165, 1.54) is 11.3 Å². The molecular formula is C11H15BrClNO2S2. The second kappa shape index (κ2) is 5.79. The van der Waals surface area contributed by atoms with Crippen LogP contribution in [0.5, 0.6) is 0 Å². The minimum atomic E-state index is -3.34. The molecule has 0 bridgehead atoms. The van der Waals surface area contributed by atoms with Crippen LogP contribution in [-0.2, 0) is 10.0 Å². The van der Waals surface area contributed by atoms with Crippen LogP contribution in [0.3, 0.4) is 0 Å². The molecule has 1 atom stereocenters. The van der Waals surface area contributed by atoms with Crippen molar-refractivity contribution in [2.45, 2.75) is 29.4 Å². The maximum atomic E-state index is 12.4. The lowest BCUT2D eigenvalue weighted by molar-refractivity contribution is 0.272. The highest BCUT2D eigenvalue weighted by atomic mass is 79.9. The second-order valence-corrected chi connectivity index (χ2v) is 9.07. The van der Waals surface area contributed by atoms with Gasteiger partial charge in [0.15, 0.2) is 0 Å². The largest absolute Gasteiger partial charge is 0.253 e. The summed E-state index contributed by atoms with van der Waals surface area (Å²) in [4.78, 5) is 0. The average Bonchev–Trinajstić information content (AvgIpc) is 2.76. The summed E-state index contributed by atoms with van der Waals surface area (Å²) in [6, 6.07) is 1.77. The Labute approximate surface area is 125 Å². The summed E-state index contributed by atoms with van der Waals surface area (Å²) >= 11 is 10.6. The molecule has 1 unspecified atom stereocenters. The van der Waals surface area contributed by atoms with Crippen molar-refractivity contribution in [1.29, 1.82) is 0 Å². The number of hydrogen-bond acceptors (Lipinski definition) is 3. The summed E-state index contributed by atoms with van der Waals surface area (Å²) in [5, 5.41) is 1.90. The predicted octanol–water partition coefficient (Wildman–Crippen LogP) is 3.54. The summed E-state index contributed by atoms with van der Waals surface area (Å²) in [5.74, 6) is 0.421. The van der Waals surface area contributed by atoms with E-state index in [1.807, 2.05) is 6.92 Å². The monoisotopic (exact) mass is 371 g/mol. The van der Waals surface area contributed by atoms with Gasteiger partial charge in [0, 0.05) is 22.9 Å². The quantitative estimate of drug-likeness (QED) is 0.761. The molecule has 0 radical (unpaired) electrons. The molecule has 3 nitrogen and oxygen atoms in total. The third-order valence-electron chi connectivity index (χ3n) is 3.31. The first-order chi connectivity index (χ1) is 8.43. The van der Waals surface area contributed by atoms with Gasteiger partial charge in [0.25, 0.3) is 10.0 Å². The zero-order chi connectivity index (χ0) is 13.3. The number of nitrogens with zero attached hydrogens (tertiary/aromatic N) is 1. The molecule has 1 aromatic heterocycles. The van der Waals surface area contributed by atoms with Gasteiger partial charge in [-0.15, -0.1) is 22.9 Å². The van der Waals surface area contributed by atoms with Gasteiger partial charge in [0.05, 0.1) is 0 Å². The molecule has 18 heavy (non-hydrogen) atoms. The van der Waals surface area contributed by atoms with E-state index in [9.17, 15) is 8.42 Å². The Balaban J connectivity index is 2.12. The molecule has 102 valence electrons. The zero-order valence-corrected chi connectivity index (χ0v) is 13.9. The van der Waals surface area contributed by atoms with E-state index in [0.29, 0.717) is 27.7 Å². The molecule has 0 aromatic carbocycles. The van der Waals surface area contributed by atoms with Crippen LogP contribution in [0.25, 0.3) is 0 Å². The van der Waals surface area contributed by atoms with Crippen LogP contribution in [0, 0.1) is 5.92 Å². The summed E-state index contributed by atoms with van der Waals surface area (Å²) in [6.45, 7) is 3.11. The SMILES string of the molecule is CC(Cl)C1CCN(S(=O)(=O)c2sccc2Br)CC1. The molecule has 0 N–H and O–H groups in total. The van der Waals surface area contributed by atoms with Gasteiger partial charge in [-0.25, -0.2) is 8.42 Å². The topological polar surface area (TPSA) is 37.4 Å². The fourth-order valence-electron chi connectivity index (χ4n) is 2.16. The highest BCUT2D eigenvalue weighted by Crippen LogP contribution is 2.33. The van der Waals surface area contributed by atoms with E-state index in [0.717, 1.165) is 12.8 Å². The molecule has 2 heterocycles. The highest BCUT2D eigenvalue weighted by Gasteiger charge is 2.32. The Kier molecular flexibility index (Phi) is 4.75. The number of rotatable bonds is 3. The summed E-state index contributed by atoms with van der Waals surface area (Å²) in [7, 11) is -3.34. The van der Waals surface area contributed by atoms with Gasteiger partial charge in [-0.05, 0) is 53.1 Å². The number of halogens is 2. The van der Waals surface area contributed by atoms with Crippen molar-refractivity contribution >= 4 is 48.9 Å². The van der Waals surface area contributed by atoms with E-state index in [4.69, 9.17) is 11.6 Å². The minimum Gasteiger partial charge on any atom is -0.206 e. The van der Waals surface area contributed by atoms with Gasteiger partial charge >= 0.3 is 0 Å². The molecule has 1 aliphatic heterocycles. The van der Waals surface area contributed by atoms with Crippen LogP contribution in [0.15, 0.2) is 20.1 Å².